The number of aromatic nitrogens is 1. The first-order chi connectivity index (χ1) is 7.37. The van der Waals surface area contributed by atoms with Gasteiger partial charge in [-0.2, -0.15) is 0 Å². The summed E-state index contributed by atoms with van der Waals surface area (Å²) in [5.74, 6) is 0.0463. The fourth-order valence-corrected chi connectivity index (χ4v) is 2.81. The molecule has 0 saturated carbocycles. The third-order valence-corrected chi connectivity index (χ3v) is 3.52. The molecule has 0 fully saturated rings. The number of hydrogen-bond donors (Lipinski definition) is 0. The van der Waals surface area contributed by atoms with Gasteiger partial charge in [0, 0.05) is 35.4 Å². The summed E-state index contributed by atoms with van der Waals surface area (Å²) in [6.07, 6.45) is 3.07. The predicted octanol–water partition coefficient (Wildman–Crippen LogP) is 2.38. The third-order valence-electron chi connectivity index (χ3n) is 2.45. The first-order valence-electron chi connectivity index (χ1n) is 4.78. The minimum atomic E-state index is -3.02. The molecule has 2 rings (SSSR count). The van der Waals surface area contributed by atoms with Crippen molar-refractivity contribution >= 4 is 32.3 Å². The van der Waals surface area contributed by atoms with Crippen LogP contribution < -0.4 is 0 Å². The van der Waals surface area contributed by atoms with Crippen LogP contribution in [0.25, 0.3) is 10.9 Å². The Morgan fingerprint density at radius 2 is 2.06 bits per heavy atom. The van der Waals surface area contributed by atoms with Crippen molar-refractivity contribution < 1.29 is 8.42 Å². The molecule has 0 N–H and O–H groups in total. The normalized spacial score (nSPS) is 12.2. The third kappa shape index (κ3) is 2.23. The van der Waals surface area contributed by atoms with Crippen LogP contribution in [0.15, 0.2) is 24.4 Å². The van der Waals surface area contributed by atoms with Crippen LogP contribution >= 0.6 is 11.6 Å². The van der Waals surface area contributed by atoms with E-state index in [-0.39, 0.29) is 5.75 Å². The van der Waals surface area contributed by atoms with Crippen molar-refractivity contribution in [2.24, 2.45) is 7.05 Å². The van der Waals surface area contributed by atoms with Gasteiger partial charge in [0.05, 0.1) is 5.75 Å². The molecule has 1 heterocycles. The summed E-state index contributed by atoms with van der Waals surface area (Å²) in [7, 11) is -1.13. The minimum Gasteiger partial charge on any atom is -0.350 e. The molecule has 0 atom stereocenters. The first kappa shape index (κ1) is 11.5. The molecule has 0 unspecified atom stereocenters. The van der Waals surface area contributed by atoms with Gasteiger partial charge in [0.15, 0.2) is 9.84 Å². The molecule has 0 aliphatic carbocycles. The lowest BCUT2D eigenvalue weighted by molar-refractivity contribution is 0.601. The maximum Gasteiger partial charge on any atom is 0.151 e. The zero-order valence-electron chi connectivity index (χ0n) is 9.07. The van der Waals surface area contributed by atoms with Gasteiger partial charge >= 0.3 is 0 Å². The average molecular weight is 258 g/mol. The van der Waals surface area contributed by atoms with Gasteiger partial charge in [-0.05, 0) is 23.8 Å². The predicted molar refractivity (Wildman–Crippen MR) is 66.5 cm³/mol. The monoisotopic (exact) mass is 257 g/mol. The molecule has 0 spiro atoms. The second-order valence-corrected chi connectivity index (χ2v) is 6.57. The zero-order chi connectivity index (χ0) is 11.9. The molecule has 0 bridgehead atoms. The number of sulfone groups is 1. The number of rotatable bonds is 2. The van der Waals surface area contributed by atoms with E-state index in [2.05, 4.69) is 0 Å². The Labute approximate surface area is 99.6 Å². The lowest BCUT2D eigenvalue weighted by atomic mass is 10.2. The highest BCUT2D eigenvalue weighted by atomic mass is 35.5. The highest BCUT2D eigenvalue weighted by Gasteiger charge is 2.11. The number of hydrogen-bond acceptors (Lipinski definition) is 2. The Kier molecular flexibility index (Phi) is 2.72. The molecular formula is C11H12ClNO2S. The van der Waals surface area contributed by atoms with Gasteiger partial charge in [0.25, 0.3) is 0 Å². The van der Waals surface area contributed by atoms with Crippen LogP contribution in [-0.4, -0.2) is 19.2 Å². The zero-order valence-corrected chi connectivity index (χ0v) is 10.6. The second kappa shape index (κ2) is 3.79. The minimum absolute atomic E-state index is 0.0463. The number of benzene rings is 1. The SMILES string of the molecule is Cn1cc(CS(C)(=O)=O)c2cc(Cl)ccc21. The molecule has 5 heteroatoms. The Hall–Kier alpha value is -1.00. The summed E-state index contributed by atoms with van der Waals surface area (Å²) in [5.41, 5.74) is 1.78. The van der Waals surface area contributed by atoms with E-state index in [0.29, 0.717) is 5.02 Å². The van der Waals surface area contributed by atoms with E-state index < -0.39 is 9.84 Å². The van der Waals surface area contributed by atoms with E-state index in [0.717, 1.165) is 16.5 Å². The topological polar surface area (TPSA) is 39.1 Å². The van der Waals surface area contributed by atoms with Crippen molar-refractivity contribution in [2.75, 3.05) is 6.26 Å². The van der Waals surface area contributed by atoms with Crippen molar-refractivity contribution in [2.45, 2.75) is 5.75 Å². The highest BCUT2D eigenvalue weighted by Crippen LogP contribution is 2.25. The van der Waals surface area contributed by atoms with Gasteiger partial charge in [-0.1, -0.05) is 11.6 Å². The number of aryl methyl sites for hydroxylation is 1. The molecule has 2 aromatic rings. The Morgan fingerprint density at radius 3 is 2.69 bits per heavy atom. The Bertz CT molecular complexity index is 643. The van der Waals surface area contributed by atoms with Crippen LogP contribution in [0, 0.1) is 0 Å². The van der Waals surface area contributed by atoms with Gasteiger partial charge in [0.1, 0.15) is 0 Å². The molecule has 0 aliphatic heterocycles. The van der Waals surface area contributed by atoms with Crippen molar-refractivity contribution in [3.8, 4) is 0 Å². The van der Waals surface area contributed by atoms with E-state index in [4.69, 9.17) is 11.6 Å². The van der Waals surface area contributed by atoms with Crippen molar-refractivity contribution in [1.29, 1.82) is 0 Å². The maximum absolute atomic E-state index is 11.3. The Balaban J connectivity index is 2.66. The lowest BCUT2D eigenvalue weighted by Gasteiger charge is -1.97. The van der Waals surface area contributed by atoms with Gasteiger partial charge < -0.3 is 4.57 Å². The highest BCUT2D eigenvalue weighted by molar-refractivity contribution is 7.89. The summed E-state index contributed by atoms with van der Waals surface area (Å²) in [4.78, 5) is 0. The molecule has 1 aromatic heterocycles. The molecule has 1 aromatic carbocycles. The van der Waals surface area contributed by atoms with Crippen molar-refractivity contribution in [3.63, 3.8) is 0 Å². The van der Waals surface area contributed by atoms with Crippen LogP contribution in [0.3, 0.4) is 0 Å². The van der Waals surface area contributed by atoms with Crippen molar-refractivity contribution in [3.05, 3.63) is 35.0 Å². The lowest BCUT2D eigenvalue weighted by Crippen LogP contribution is -1.99. The summed E-state index contributed by atoms with van der Waals surface area (Å²) in [5, 5.41) is 1.52. The molecular weight excluding hydrogens is 246 g/mol. The van der Waals surface area contributed by atoms with Gasteiger partial charge in [-0.3, -0.25) is 0 Å². The van der Waals surface area contributed by atoms with Gasteiger partial charge in [-0.25, -0.2) is 8.42 Å². The van der Waals surface area contributed by atoms with Crippen LogP contribution in [0.1, 0.15) is 5.56 Å². The van der Waals surface area contributed by atoms with Crippen molar-refractivity contribution in [1.82, 2.24) is 4.57 Å². The van der Waals surface area contributed by atoms with E-state index >= 15 is 0 Å². The van der Waals surface area contributed by atoms with Crippen LogP contribution in [0.4, 0.5) is 0 Å². The first-order valence-corrected chi connectivity index (χ1v) is 7.22. The van der Waals surface area contributed by atoms with E-state index in [1.165, 1.54) is 6.26 Å². The number of nitrogens with zero attached hydrogens (tertiary/aromatic N) is 1. The molecule has 86 valence electrons. The fourth-order valence-electron chi connectivity index (χ4n) is 1.84. The van der Waals surface area contributed by atoms with Crippen LogP contribution in [-0.2, 0) is 22.6 Å². The second-order valence-electron chi connectivity index (χ2n) is 4.00. The van der Waals surface area contributed by atoms with E-state index in [9.17, 15) is 8.42 Å². The number of fused-ring (bicyclic) bond motifs is 1. The maximum atomic E-state index is 11.3. The largest absolute Gasteiger partial charge is 0.350 e. The molecule has 16 heavy (non-hydrogen) atoms. The Morgan fingerprint density at radius 1 is 1.38 bits per heavy atom. The molecule has 0 radical (unpaired) electrons. The summed E-state index contributed by atoms with van der Waals surface area (Å²) in [6.45, 7) is 0. The van der Waals surface area contributed by atoms with Crippen LogP contribution in [0.2, 0.25) is 5.02 Å². The standard InChI is InChI=1S/C11H12ClNO2S/c1-13-6-8(7-16(2,14)15)10-5-9(12)3-4-11(10)13/h3-6H,7H2,1-2H3. The summed E-state index contributed by atoms with van der Waals surface area (Å²) < 4.78 is 24.5. The summed E-state index contributed by atoms with van der Waals surface area (Å²) in [6, 6.07) is 5.50. The summed E-state index contributed by atoms with van der Waals surface area (Å²) >= 11 is 5.91. The molecule has 0 amide bonds. The average Bonchev–Trinajstić information content (AvgIpc) is 2.40. The van der Waals surface area contributed by atoms with Gasteiger partial charge in [-0.15, -0.1) is 0 Å². The van der Waals surface area contributed by atoms with Gasteiger partial charge in [0.2, 0.25) is 0 Å². The van der Waals surface area contributed by atoms with Crippen LogP contribution in [0.5, 0.6) is 0 Å². The molecule has 0 saturated heterocycles. The fraction of sp³-hybridized carbons (Fsp3) is 0.273. The smallest absolute Gasteiger partial charge is 0.151 e. The quantitative estimate of drug-likeness (QED) is 0.829. The number of halogens is 1. The molecule has 0 aliphatic rings. The molecule has 3 nitrogen and oxygen atoms in total. The van der Waals surface area contributed by atoms with E-state index in [1.807, 2.05) is 23.9 Å². The van der Waals surface area contributed by atoms with E-state index in [1.54, 1.807) is 12.1 Å².